The minimum absolute atomic E-state index is 0.0516. The first-order chi connectivity index (χ1) is 12.7. The van der Waals surface area contributed by atoms with Gasteiger partial charge in [-0.15, -0.1) is 5.10 Å². The Kier molecular flexibility index (Phi) is 4.01. The summed E-state index contributed by atoms with van der Waals surface area (Å²) in [7, 11) is -0.628. The van der Waals surface area contributed by atoms with Gasteiger partial charge >= 0.3 is 12.8 Å². The molecule has 0 amide bonds. The van der Waals surface area contributed by atoms with Crippen LogP contribution in [0.1, 0.15) is 33.3 Å². The summed E-state index contributed by atoms with van der Waals surface area (Å²) in [5, 5.41) is 4.24. The van der Waals surface area contributed by atoms with Gasteiger partial charge in [0.2, 0.25) is 0 Å². The Balaban J connectivity index is 1.61. The van der Waals surface area contributed by atoms with E-state index in [1.54, 1.807) is 36.5 Å². The Morgan fingerprint density at radius 2 is 1.81 bits per heavy atom. The van der Waals surface area contributed by atoms with Crippen LogP contribution in [0.25, 0.3) is 5.65 Å². The molecule has 1 aromatic carbocycles. The van der Waals surface area contributed by atoms with Crippen molar-refractivity contribution in [3.63, 3.8) is 0 Å². The normalized spacial score (nSPS) is 18.3. The van der Waals surface area contributed by atoms with Gasteiger partial charge < -0.3 is 9.31 Å². The predicted octanol–water partition coefficient (Wildman–Crippen LogP) is 1.98. The van der Waals surface area contributed by atoms with Gasteiger partial charge in [0.05, 0.1) is 17.7 Å². The summed E-state index contributed by atoms with van der Waals surface area (Å²) < 4.78 is 29.3. The number of hydrogen-bond acceptors (Lipinski definition) is 4. The molecule has 6 nitrogen and oxygen atoms in total. The maximum absolute atomic E-state index is 14.7. The standard InChI is InChI=1S/C19H21BFN3O3/c1-18(2)19(3,4)27-20(26-18)14-9-8-13(15(21)11-14)12-24-17(25)23-10-6-5-7-16(23)22-24/h5-11H,12H2,1-4H3. The maximum Gasteiger partial charge on any atom is 0.494 e. The minimum Gasteiger partial charge on any atom is -0.399 e. The molecule has 1 aliphatic rings. The third-order valence-corrected chi connectivity index (χ3v) is 5.41. The highest BCUT2D eigenvalue weighted by Gasteiger charge is 2.51. The van der Waals surface area contributed by atoms with Gasteiger partial charge in [-0.2, -0.15) is 0 Å². The fraction of sp³-hybridized carbons (Fsp3) is 0.368. The maximum atomic E-state index is 14.7. The van der Waals surface area contributed by atoms with Crippen LogP contribution in [0.5, 0.6) is 0 Å². The fourth-order valence-corrected chi connectivity index (χ4v) is 3.05. The molecule has 0 N–H and O–H groups in total. The minimum atomic E-state index is -0.628. The number of pyridine rings is 1. The second-order valence-electron chi connectivity index (χ2n) is 7.81. The first kappa shape index (κ1) is 17.9. The van der Waals surface area contributed by atoms with Crippen LogP contribution in [-0.2, 0) is 15.9 Å². The van der Waals surface area contributed by atoms with E-state index >= 15 is 0 Å². The third kappa shape index (κ3) is 2.98. The number of nitrogens with zero attached hydrogens (tertiary/aromatic N) is 3. The lowest BCUT2D eigenvalue weighted by Crippen LogP contribution is -2.41. The molecular weight excluding hydrogens is 348 g/mol. The lowest BCUT2D eigenvalue weighted by Gasteiger charge is -2.32. The predicted molar refractivity (Wildman–Crippen MR) is 101 cm³/mol. The van der Waals surface area contributed by atoms with E-state index in [0.717, 1.165) is 0 Å². The molecule has 3 aromatic rings. The molecule has 0 spiro atoms. The zero-order valence-corrected chi connectivity index (χ0v) is 15.8. The first-order valence-corrected chi connectivity index (χ1v) is 8.86. The highest BCUT2D eigenvalue weighted by molar-refractivity contribution is 6.62. The van der Waals surface area contributed by atoms with Gasteiger partial charge in [0.15, 0.2) is 5.65 Å². The molecule has 8 heteroatoms. The fourth-order valence-electron chi connectivity index (χ4n) is 3.05. The molecule has 1 aliphatic heterocycles. The Hall–Kier alpha value is -2.45. The zero-order chi connectivity index (χ0) is 19.4. The molecule has 3 heterocycles. The van der Waals surface area contributed by atoms with E-state index in [1.807, 2.05) is 27.7 Å². The van der Waals surface area contributed by atoms with Crippen molar-refractivity contribution in [3.05, 3.63) is 64.5 Å². The lowest BCUT2D eigenvalue weighted by molar-refractivity contribution is 0.00578. The molecule has 2 aromatic heterocycles. The van der Waals surface area contributed by atoms with Crippen molar-refractivity contribution in [1.29, 1.82) is 0 Å². The van der Waals surface area contributed by atoms with Gasteiger partial charge in [-0.05, 0) is 51.4 Å². The van der Waals surface area contributed by atoms with E-state index in [0.29, 0.717) is 16.7 Å². The highest BCUT2D eigenvalue weighted by Crippen LogP contribution is 2.36. The average Bonchev–Trinajstić information content (AvgIpc) is 3.03. The Morgan fingerprint density at radius 1 is 1.11 bits per heavy atom. The second-order valence-corrected chi connectivity index (χ2v) is 7.81. The Bertz CT molecular complexity index is 1060. The number of hydrogen-bond donors (Lipinski definition) is 0. The summed E-state index contributed by atoms with van der Waals surface area (Å²) in [5.74, 6) is -0.425. The molecule has 1 fully saturated rings. The van der Waals surface area contributed by atoms with Crippen LogP contribution < -0.4 is 11.2 Å². The van der Waals surface area contributed by atoms with Gasteiger partial charge in [0, 0.05) is 11.8 Å². The summed E-state index contributed by atoms with van der Waals surface area (Å²) >= 11 is 0. The van der Waals surface area contributed by atoms with Crippen molar-refractivity contribution in [1.82, 2.24) is 14.2 Å². The van der Waals surface area contributed by atoms with Gasteiger partial charge in [-0.3, -0.25) is 4.40 Å². The van der Waals surface area contributed by atoms with Crippen LogP contribution in [0.3, 0.4) is 0 Å². The SMILES string of the molecule is CC1(C)OB(c2ccc(Cn3nc4ccccn4c3=O)c(F)c2)OC1(C)C. The Morgan fingerprint density at radius 3 is 2.44 bits per heavy atom. The monoisotopic (exact) mass is 369 g/mol. The number of aromatic nitrogens is 3. The molecule has 1 saturated heterocycles. The number of fused-ring (bicyclic) bond motifs is 1. The molecule has 0 aliphatic carbocycles. The second kappa shape index (κ2) is 6.04. The van der Waals surface area contributed by atoms with Crippen molar-refractivity contribution in [3.8, 4) is 0 Å². The molecule has 0 saturated carbocycles. The smallest absolute Gasteiger partial charge is 0.399 e. The first-order valence-electron chi connectivity index (χ1n) is 8.86. The van der Waals surface area contributed by atoms with E-state index in [-0.39, 0.29) is 12.2 Å². The van der Waals surface area contributed by atoms with Gasteiger partial charge in [0.1, 0.15) is 5.82 Å². The molecule has 0 unspecified atom stereocenters. The summed E-state index contributed by atoms with van der Waals surface area (Å²) in [6, 6.07) is 10.1. The molecule has 27 heavy (non-hydrogen) atoms. The zero-order valence-electron chi connectivity index (χ0n) is 15.8. The van der Waals surface area contributed by atoms with Gasteiger partial charge in [-0.1, -0.05) is 18.2 Å². The van der Waals surface area contributed by atoms with E-state index in [9.17, 15) is 9.18 Å². The Labute approximate surface area is 156 Å². The average molecular weight is 369 g/mol. The molecule has 0 bridgehead atoms. The van der Waals surface area contributed by atoms with E-state index in [2.05, 4.69) is 5.10 Å². The molecule has 0 radical (unpaired) electrons. The van der Waals surface area contributed by atoms with Gasteiger partial charge in [-0.25, -0.2) is 13.9 Å². The largest absolute Gasteiger partial charge is 0.494 e. The van der Waals surface area contributed by atoms with Crippen molar-refractivity contribution in [2.75, 3.05) is 0 Å². The van der Waals surface area contributed by atoms with Crippen molar-refractivity contribution in [2.45, 2.75) is 45.4 Å². The lowest BCUT2D eigenvalue weighted by atomic mass is 9.78. The summed E-state index contributed by atoms with van der Waals surface area (Å²) in [5.41, 5.74) is 0.225. The number of rotatable bonds is 3. The third-order valence-electron chi connectivity index (χ3n) is 5.41. The summed E-state index contributed by atoms with van der Waals surface area (Å²) in [6.45, 7) is 7.86. The van der Waals surface area contributed by atoms with Crippen molar-refractivity contribution >= 4 is 18.2 Å². The van der Waals surface area contributed by atoms with Crippen LogP contribution in [0.2, 0.25) is 0 Å². The topological polar surface area (TPSA) is 57.8 Å². The molecule has 0 atom stereocenters. The van der Waals surface area contributed by atoms with Crippen LogP contribution in [0, 0.1) is 5.82 Å². The van der Waals surface area contributed by atoms with E-state index in [4.69, 9.17) is 9.31 Å². The van der Waals surface area contributed by atoms with Crippen molar-refractivity contribution < 1.29 is 13.7 Å². The number of benzene rings is 1. The van der Waals surface area contributed by atoms with Crippen LogP contribution in [0.4, 0.5) is 4.39 Å². The summed E-state index contributed by atoms with van der Waals surface area (Å²) in [6.07, 6.45) is 1.64. The summed E-state index contributed by atoms with van der Waals surface area (Å²) in [4.78, 5) is 12.4. The van der Waals surface area contributed by atoms with Crippen molar-refractivity contribution in [2.24, 2.45) is 0 Å². The van der Waals surface area contributed by atoms with Crippen LogP contribution in [-0.4, -0.2) is 32.5 Å². The quantitative estimate of drug-likeness (QED) is 0.663. The number of halogens is 1. The van der Waals surface area contributed by atoms with Crippen LogP contribution in [0.15, 0.2) is 47.4 Å². The van der Waals surface area contributed by atoms with Gasteiger partial charge in [0.25, 0.3) is 0 Å². The van der Waals surface area contributed by atoms with E-state index in [1.165, 1.54) is 15.1 Å². The van der Waals surface area contributed by atoms with Crippen LogP contribution >= 0.6 is 0 Å². The molecule has 140 valence electrons. The highest BCUT2D eigenvalue weighted by atomic mass is 19.1. The van der Waals surface area contributed by atoms with E-state index < -0.39 is 24.1 Å². The molecular formula is C19H21BFN3O3. The molecule has 4 rings (SSSR count).